The molecule has 0 aliphatic rings. The van der Waals surface area contributed by atoms with E-state index < -0.39 is 57.8 Å². The molecule has 74 heavy (non-hydrogen) atoms. The van der Waals surface area contributed by atoms with Gasteiger partial charge < -0.3 is 24.2 Å². The van der Waals surface area contributed by atoms with Gasteiger partial charge in [0.2, 0.25) is 0 Å². The molecule has 0 aromatic carbocycles. The minimum atomic E-state index is -4.76. The van der Waals surface area contributed by atoms with Crippen molar-refractivity contribution in [3.8, 4) is 0 Å². The molecule has 0 aromatic heterocycles. The molecular formula is C62H107O11P. The van der Waals surface area contributed by atoms with Gasteiger partial charge >= 0.3 is 25.7 Å². The molecular weight excluding hydrogens is 952 g/mol. The van der Waals surface area contributed by atoms with Crippen LogP contribution in [0.25, 0.3) is 0 Å². The first-order valence-corrected chi connectivity index (χ1v) is 31.0. The molecule has 0 saturated heterocycles. The maximum atomic E-state index is 12.9. The molecule has 0 saturated carbocycles. The average Bonchev–Trinajstić information content (AvgIpc) is 3.39. The standard InChI is InChI=1S/C62H107O11P/c1-4-7-10-13-16-19-22-25-27-29-31-34-37-40-43-46-49-52-61(65)72-58(54-63)56-70-74(67,68)71-57-59(55-69-60(64)51-48-45-42-39-36-33-24-21-18-15-12-9-6-3)73-62(66)53-50-47-44-41-38-35-32-30-28-26-23-20-17-14-11-8-5-2/h8-9,11-12,17-18,20-21,25-28,33,36,58-59,63H,4-7,10,13-16,19,22-24,29-32,34-35,37-57H2,1-3H3,(H,67,68)/b11-8-,12-9-,20-17-,21-18-,27-25-,28-26-,36-33-. The highest BCUT2D eigenvalue weighted by atomic mass is 31.2. The highest BCUT2D eigenvalue weighted by Crippen LogP contribution is 2.43. The second kappa shape index (κ2) is 55.9. The first-order chi connectivity index (χ1) is 36.2. The number of allylic oxidation sites excluding steroid dienone is 14. The average molecular weight is 1060 g/mol. The Morgan fingerprint density at radius 2 is 0.703 bits per heavy atom. The lowest BCUT2D eigenvalue weighted by Gasteiger charge is -2.21. The van der Waals surface area contributed by atoms with E-state index in [9.17, 15) is 28.9 Å². The van der Waals surface area contributed by atoms with Gasteiger partial charge in [0.05, 0.1) is 19.8 Å². The van der Waals surface area contributed by atoms with E-state index in [-0.39, 0.29) is 25.9 Å². The molecule has 11 nitrogen and oxygen atoms in total. The fraction of sp³-hybridized carbons (Fsp3) is 0.726. The van der Waals surface area contributed by atoms with Gasteiger partial charge in [0, 0.05) is 19.3 Å². The largest absolute Gasteiger partial charge is 0.472 e. The van der Waals surface area contributed by atoms with Crippen LogP contribution in [0.2, 0.25) is 0 Å². The normalized spacial score (nSPS) is 14.0. The van der Waals surface area contributed by atoms with E-state index in [2.05, 4.69) is 106 Å². The van der Waals surface area contributed by atoms with Crippen LogP contribution >= 0.6 is 7.82 Å². The van der Waals surface area contributed by atoms with Crippen molar-refractivity contribution in [2.75, 3.05) is 26.4 Å². The van der Waals surface area contributed by atoms with Gasteiger partial charge in [-0.25, -0.2) is 4.57 Å². The minimum absolute atomic E-state index is 0.147. The highest BCUT2D eigenvalue weighted by Gasteiger charge is 2.28. The molecule has 0 amide bonds. The number of hydrogen-bond acceptors (Lipinski definition) is 10. The second-order valence-electron chi connectivity index (χ2n) is 19.4. The molecule has 0 aliphatic heterocycles. The molecule has 0 rings (SSSR count). The summed E-state index contributed by atoms with van der Waals surface area (Å²) in [5.41, 5.74) is 0. The molecule has 12 heteroatoms. The molecule has 0 spiro atoms. The van der Waals surface area contributed by atoms with Gasteiger partial charge in [0.1, 0.15) is 12.7 Å². The van der Waals surface area contributed by atoms with Crippen LogP contribution in [0.15, 0.2) is 85.1 Å². The van der Waals surface area contributed by atoms with Crippen LogP contribution in [-0.2, 0) is 42.2 Å². The van der Waals surface area contributed by atoms with Gasteiger partial charge in [0.25, 0.3) is 0 Å². The van der Waals surface area contributed by atoms with Crippen molar-refractivity contribution >= 4 is 25.7 Å². The monoisotopic (exact) mass is 1060 g/mol. The molecule has 3 unspecified atom stereocenters. The molecule has 0 fully saturated rings. The number of unbranched alkanes of at least 4 members (excludes halogenated alkanes) is 23. The number of carbonyl (C=O) groups is 3. The smallest absolute Gasteiger partial charge is 0.462 e. The lowest BCUT2D eigenvalue weighted by molar-refractivity contribution is -0.161. The van der Waals surface area contributed by atoms with Crippen molar-refractivity contribution < 1.29 is 52.2 Å². The Labute approximate surface area is 451 Å². The summed E-state index contributed by atoms with van der Waals surface area (Å²) in [5, 5.41) is 9.83. The van der Waals surface area contributed by atoms with Crippen molar-refractivity contribution in [2.45, 2.75) is 264 Å². The third-order valence-corrected chi connectivity index (χ3v) is 13.2. The van der Waals surface area contributed by atoms with Crippen LogP contribution in [0.5, 0.6) is 0 Å². The Morgan fingerprint density at radius 3 is 1.11 bits per heavy atom. The van der Waals surface area contributed by atoms with E-state index in [1.165, 1.54) is 70.6 Å². The maximum absolute atomic E-state index is 12.9. The van der Waals surface area contributed by atoms with Gasteiger partial charge in [-0.05, 0) is 109 Å². The number of phosphoric ester groups is 1. The summed E-state index contributed by atoms with van der Waals surface area (Å²) in [4.78, 5) is 48.6. The summed E-state index contributed by atoms with van der Waals surface area (Å²) in [6.45, 7) is 4.38. The fourth-order valence-corrected chi connectivity index (χ4v) is 8.63. The van der Waals surface area contributed by atoms with Crippen molar-refractivity contribution in [2.24, 2.45) is 0 Å². The van der Waals surface area contributed by atoms with E-state index in [0.29, 0.717) is 19.3 Å². The Bertz CT molecular complexity index is 1560. The summed E-state index contributed by atoms with van der Waals surface area (Å²) in [7, 11) is -4.76. The summed E-state index contributed by atoms with van der Waals surface area (Å²) < 4.78 is 39.5. The van der Waals surface area contributed by atoms with Crippen molar-refractivity contribution in [3.05, 3.63) is 85.1 Å². The van der Waals surface area contributed by atoms with E-state index in [4.69, 9.17) is 23.3 Å². The number of phosphoric acid groups is 1. The molecule has 0 radical (unpaired) electrons. The van der Waals surface area contributed by atoms with Crippen LogP contribution < -0.4 is 0 Å². The van der Waals surface area contributed by atoms with Crippen molar-refractivity contribution in [3.63, 3.8) is 0 Å². The minimum Gasteiger partial charge on any atom is -0.462 e. The number of esters is 3. The molecule has 0 aromatic rings. The molecule has 2 N–H and O–H groups in total. The van der Waals surface area contributed by atoms with E-state index in [0.717, 1.165) is 122 Å². The number of aliphatic hydroxyl groups is 1. The zero-order chi connectivity index (χ0) is 54.1. The summed E-state index contributed by atoms with van der Waals surface area (Å²) in [5.74, 6) is -1.51. The zero-order valence-corrected chi connectivity index (χ0v) is 47.9. The summed E-state index contributed by atoms with van der Waals surface area (Å²) >= 11 is 0. The Morgan fingerprint density at radius 1 is 0.392 bits per heavy atom. The summed E-state index contributed by atoms with van der Waals surface area (Å²) in [6.07, 6.45) is 64.0. The number of carbonyl (C=O) groups excluding carboxylic acids is 3. The van der Waals surface area contributed by atoms with Crippen LogP contribution in [0, 0.1) is 0 Å². The molecule has 0 bridgehead atoms. The summed E-state index contributed by atoms with van der Waals surface area (Å²) in [6, 6.07) is 0. The quantitative estimate of drug-likeness (QED) is 0.0197. The number of hydrogen-bond donors (Lipinski definition) is 2. The van der Waals surface area contributed by atoms with Crippen LogP contribution in [-0.4, -0.2) is 66.5 Å². The lowest BCUT2D eigenvalue weighted by atomic mass is 10.1. The number of aliphatic hydroxyl groups excluding tert-OH is 1. The Kier molecular flexibility index (Phi) is 53.4. The van der Waals surface area contributed by atoms with Gasteiger partial charge in [0.15, 0.2) is 6.10 Å². The Balaban J connectivity index is 4.73. The lowest BCUT2D eigenvalue weighted by Crippen LogP contribution is -2.30. The zero-order valence-electron chi connectivity index (χ0n) is 47.0. The predicted molar refractivity (Wildman–Crippen MR) is 307 cm³/mol. The fourth-order valence-electron chi connectivity index (χ4n) is 7.85. The van der Waals surface area contributed by atoms with Gasteiger partial charge in [-0.2, -0.15) is 0 Å². The molecule has 3 atom stereocenters. The van der Waals surface area contributed by atoms with Gasteiger partial charge in [-0.1, -0.05) is 209 Å². The van der Waals surface area contributed by atoms with E-state index in [1.54, 1.807) is 0 Å². The van der Waals surface area contributed by atoms with E-state index in [1.807, 2.05) is 0 Å². The van der Waals surface area contributed by atoms with Crippen LogP contribution in [0.1, 0.15) is 252 Å². The first-order valence-electron chi connectivity index (χ1n) is 29.5. The maximum Gasteiger partial charge on any atom is 0.472 e. The molecule has 0 heterocycles. The highest BCUT2D eigenvalue weighted by molar-refractivity contribution is 7.47. The van der Waals surface area contributed by atoms with Crippen LogP contribution in [0.4, 0.5) is 0 Å². The van der Waals surface area contributed by atoms with Crippen molar-refractivity contribution in [1.29, 1.82) is 0 Å². The van der Waals surface area contributed by atoms with Gasteiger partial charge in [-0.15, -0.1) is 0 Å². The third-order valence-electron chi connectivity index (χ3n) is 12.3. The topological polar surface area (TPSA) is 155 Å². The first kappa shape index (κ1) is 70.7. The van der Waals surface area contributed by atoms with E-state index >= 15 is 0 Å². The second-order valence-corrected chi connectivity index (χ2v) is 20.8. The van der Waals surface area contributed by atoms with Gasteiger partial charge in [-0.3, -0.25) is 23.4 Å². The number of ether oxygens (including phenoxy) is 3. The van der Waals surface area contributed by atoms with Crippen LogP contribution in [0.3, 0.4) is 0 Å². The molecule has 426 valence electrons. The Hall–Kier alpha value is -3.34. The van der Waals surface area contributed by atoms with Crippen molar-refractivity contribution in [1.82, 2.24) is 0 Å². The third kappa shape index (κ3) is 53.5. The molecule has 0 aliphatic carbocycles. The number of rotatable bonds is 54. The predicted octanol–water partition coefficient (Wildman–Crippen LogP) is 17.5. The SMILES string of the molecule is CC/C=C\C/C=C\C/C=C\CCCCCCCCCC(=O)OC(COC(=O)CCCCC/C=C\C/C=C\C/C=C\CC)COP(=O)(O)OCC(CO)OC(=O)CCCCCCCCC/C=C\CCCCCCCC.